The van der Waals surface area contributed by atoms with Gasteiger partial charge in [0.25, 0.3) is 0 Å². The zero-order chi connectivity index (χ0) is 16.3. The van der Waals surface area contributed by atoms with Gasteiger partial charge in [0.1, 0.15) is 0 Å². The molecule has 22 heavy (non-hydrogen) atoms. The maximum absolute atomic E-state index is 12.7. The van der Waals surface area contributed by atoms with Crippen molar-refractivity contribution < 1.29 is 9.90 Å². The van der Waals surface area contributed by atoms with E-state index in [9.17, 15) is 9.90 Å². The number of carbonyl (C=O) groups excluding carboxylic acids is 1. The van der Waals surface area contributed by atoms with Crippen LogP contribution in [-0.2, 0) is 4.79 Å². The highest BCUT2D eigenvalue weighted by molar-refractivity contribution is 5.99. The summed E-state index contributed by atoms with van der Waals surface area (Å²) in [5.74, 6) is 1.61. The lowest BCUT2D eigenvalue weighted by molar-refractivity contribution is -0.130. The molecule has 0 aromatic heterocycles. The fourth-order valence-electron chi connectivity index (χ4n) is 5.40. The molecular weight excluding hydrogens is 272 g/mol. The smallest absolute Gasteiger partial charge is 0.162 e. The highest BCUT2D eigenvalue weighted by Gasteiger charge is 2.58. The van der Waals surface area contributed by atoms with Crippen LogP contribution in [0.25, 0.3) is 0 Å². The van der Waals surface area contributed by atoms with E-state index in [1.165, 1.54) is 5.57 Å². The summed E-state index contributed by atoms with van der Waals surface area (Å²) in [6, 6.07) is 0. The largest absolute Gasteiger partial charge is 0.389 e. The van der Waals surface area contributed by atoms with Gasteiger partial charge in [-0.05, 0) is 66.9 Å². The molecule has 2 saturated carbocycles. The fraction of sp³-hybridized carbons (Fsp3) is 0.750. The molecule has 0 aromatic rings. The molecule has 122 valence electrons. The van der Waals surface area contributed by atoms with E-state index in [4.69, 9.17) is 0 Å². The van der Waals surface area contributed by atoms with Crippen molar-refractivity contribution in [2.24, 2.45) is 28.6 Å². The number of rotatable bonds is 1. The number of carbonyl (C=O) groups is 1. The van der Waals surface area contributed by atoms with E-state index in [1.807, 2.05) is 6.08 Å². The summed E-state index contributed by atoms with van der Waals surface area (Å²) >= 11 is 0. The maximum Gasteiger partial charge on any atom is 0.162 e. The highest BCUT2D eigenvalue weighted by atomic mass is 16.3. The normalized spacial score (nSPS) is 45.4. The van der Waals surface area contributed by atoms with Gasteiger partial charge in [-0.1, -0.05) is 39.8 Å². The lowest BCUT2D eigenvalue weighted by Gasteiger charge is -2.52. The molecule has 1 N–H and O–H groups in total. The Morgan fingerprint density at radius 2 is 2.00 bits per heavy atom. The van der Waals surface area contributed by atoms with Crippen molar-refractivity contribution in [1.29, 1.82) is 0 Å². The SMILES string of the molecule is C=C1CC[C@@H]2C3C(C(C)C)=CC(=O)C3(C)CCC2(C)CC1O. The maximum atomic E-state index is 12.7. The van der Waals surface area contributed by atoms with Gasteiger partial charge in [-0.15, -0.1) is 0 Å². The summed E-state index contributed by atoms with van der Waals surface area (Å²) < 4.78 is 0. The summed E-state index contributed by atoms with van der Waals surface area (Å²) in [6.45, 7) is 13.0. The van der Waals surface area contributed by atoms with Gasteiger partial charge >= 0.3 is 0 Å². The number of aliphatic hydroxyl groups excluding tert-OH is 1. The molecule has 2 fully saturated rings. The van der Waals surface area contributed by atoms with Crippen molar-refractivity contribution in [2.45, 2.75) is 65.9 Å². The second-order valence-corrected chi connectivity index (χ2v) is 8.74. The van der Waals surface area contributed by atoms with E-state index in [0.717, 1.165) is 37.7 Å². The Morgan fingerprint density at radius 1 is 1.32 bits per heavy atom. The summed E-state index contributed by atoms with van der Waals surface area (Å²) in [6.07, 6.45) is 6.34. The molecule has 0 bridgehead atoms. The van der Waals surface area contributed by atoms with Crippen LogP contribution in [0.4, 0.5) is 0 Å². The Hall–Kier alpha value is -0.890. The Morgan fingerprint density at radius 3 is 2.64 bits per heavy atom. The molecule has 0 saturated heterocycles. The lowest BCUT2D eigenvalue weighted by atomic mass is 9.51. The van der Waals surface area contributed by atoms with Crippen molar-refractivity contribution in [3.63, 3.8) is 0 Å². The number of fused-ring (bicyclic) bond motifs is 3. The van der Waals surface area contributed by atoms with E-state index >= 15 is 0 Å². The van der Waals surface area contributed by atoms with Gasteiger partial charge < -0.3 is 5.11 Å². The molecule has 3 aliphatic rings. The fourth-order valence-corrected chi connectivity index (χ4v) is 5.40. The van der Waals surface area contributed by atoms with E-state index in [2.05, 4.69) is 34.3 Å². The Kier molecular flexibility index (Phi) is 3.67. The molecule has 0 heterocycles. The van der Waals surface area contributed by atoms with Gasteiger partial charge in [-0.25, -0.2) is 0 Å². The molecular formula is C20H30O2. The Labute approximate surface area is 134 Å². The molecule has 3 rings (SSSR count). The minimum Gasteiger partial charge on any atom is -0.389 e. The number of ketones is 1. The summed E-state index contributed by atoms with van der Waals surface area (Å²) in [5, 5.41) is 10.4. The van der Waals surface area contributed by atoms with Crippen LogP contribution in [0.5, 0.6) is 0 Å². The molecule has 0 radical (unpaired) electrons. The monoisotopic (exact) mass is 302 g/mol. The summed E-state index contributed by atoms with van der Waals surface area (Å²) in [4.78, 5) is 12.7. The van der Waals surface area contributed by atoms with E-state index in [1.54, 1.807) is 0 Å². The molecule has 3 aliphatic carbocycles. The van der Waals surface area contributed by atoms with Gasteiger partial charge in [-0.2, -0.15) is 0 Å². The molecule has 5 atom stereocenters. The molecule has 0 amide bonds. The predicted molar refractivity (Wildman–Crippen MR) is 89.4 cm³/mol. The van der Waals surface area contributed by atoms with Crippen molar-refractivity contribution in [3.05, 3.63) is 23.8 Å². The molecule has 4 unspecified atom stereocenters. The number of aliphatic hydroxyl groups is 1. The Balaban J connectivity index is 2.04. The predicted octanol–water partition coefficient (Wildman–Crippen LogP) is 4.29. The van der Waals surface area contributed by atoms with E-state index in [0.29, 0.717) is 23.5 Å². The van der Waals surface area contributed by atoms with Crippen LogP contribution < -0.4 is 0 Å². The number of hydrogen-bond donors (Lipinski definition) is 1. The Bertz CT molecular complexity index is 544. The van der Waals surface area contributed by atoms with Crippen molar-refractivity contribution in [1.82, 2.24) is 0 Å². The molecule has 0 spiro atoms. The lowest BCUT2D eigenvalue weighted by Crippen LogP contribution is -2.48. The van der Waals surface area contributed by atoms with Gasteiger partial charge in [-0.3, -0.25) is 4.79 Å². The zero-order valence-electron chi connectivity index (χ0n) is 14.5. The third kappa shape index (κ3) is 2.14. The van der Waals surface area contributed by atoms with E-state index in [-0.39, 0.29) is 16.9 Å². The van der Waals surface area contributed by atoms with Crippen LogP contribution in [0.3, 0.4) is 0 Å². The average molecular weight is 302 g/mol. The summed E-state index contributed by atoms with van der Waals surface area (Å²) in [5.41, 5.74) is 2.25. The van der Waals surface area contributed by atoms with Crippen molar-refractivity contribution in [3.8, 4) is 0 Å². The van der Waals surface area contributed by atoms with Crippen LogP contribution in [0.1, 0.15) is 59.8 Å². The quantitative estimate of drug-likeness (QED) is 0.734. The van der Waals surface area contributed by atoms with Crippen LogP contribution in [0, 0.1) is 28.6 Å². The molecule has 2 nitrogen and oxygen atoms in total. The van der Waals surface area contributed by atoms with Gasteiger partial charge in [0.2, 0.25) is 0 Å². The van der Waals surface area contributed by atoms with Gasteiger partial charge in [0.15, 0.2) is 5.78 Å². The minimum atomic E-state index is -0.372. The second kappa shape index (κ2) is 5.06. The van der Waals surface area contributed by atoms with Crippen LogP contribution in [-0.4, -0.2) is 17.0 Å². The van der Waals surface area contributed by atoms with Crippen LogP contribution in [0.2, 0.25) is 0 Å². The van der Waals surface area contributed by atoms with Crippen LogP contribution in [0.15, 0.2) is 23.8 Å². The summed E-state index contributed by atoms with van der Waals surface area (Å²) in [7, 11) is 0. The van der Waals surface area contributed by atoms with Crippen molar-refractivity contribution in [2.75, 3.05) is 0 Å². The van der Waals surface area contributed by atoms with E-state index < -0.39 is 0 Å². The topological polar surface area (TPSA) is 37.3 Å². The third-order valence-corrected chi connectivity index (χ3v) is 6.99. The first-order chi connectivity index (χ1) is 10.2. The third-order valence-electron chi connectivity index (χ3n) is 6.99. The zero-order valence-corrected chi connectivity index (χ0v) is 14.5. The highest BCUT2D eigenvalue weighted by Crippen LogP contribution is 2.63. The molecule has 2 heteroatoms. The minimum absolute atomic E-state index is 0.127. The second-order valence-electron chi connectivity index (χ2n) is 8.74. The van der Waals surface area contributed by atoms with Gasteiger partial charge in [0, 0.05) is 5.41 Å². The molecule has 0 aromatic carbocycles. The first kappa shape index (κ1) is 16.0. The molecule has 0 aliphatic heterocycles. The van der Waals surface area contributed by atoms with Crippen LogP contribution >= 0.6 is 0 Å². The number of hydrogen-bond acceptors (Lipinski definition) is 2. The average Bonchev–Trinajstić information content (AvgIpc) is 2.64. The van der Waals surface area contributed by atoms with Crippen molar-refractivity contribution >= 4 is 5.78 Å². The first-order valence-electron chi connectivity index (χ1n) is 8.81. The standard InChI is InChI=1S/C20H30O2/c1-12(2)14-10-17(22)20(5)9-8-19(4)11-16(21)13(3)6-7-15(19)18(14)20/h10,12,15-16,18,21H,3,6-9,11H2,1-2,4-5H3/t15-,16?,18?,19?,20?/m1/s1. The number of allylic oxidation sites excluding steroid dienone is 2. The van der Waals surface area contributed by atoms with Gasteiger partial charge in [0.05, 0.1) is 6.10 Å². The first-order valence-corrected chi connectivity index (χ1v) is 8.81.